The van der Waals surface area contributed by atoms with Crippen LogP contribution in [0.25, 0.3) is 10.9 Å². The molecule has 33 heavy (non-hydrogen) atoms. The van der Waals surface area contributed by atoms with Crippen molar-refractivity contribution >= 4 is 28.3 Å². The minimum absolute atomic E-state index is 0.174. The summed E-state index contributed by atoms with van der Waals surface area (Å²) < 4.78 is 5.44. The minimum Gasteiger partial charge on any atom is -0.379 e. The van der Waals surface area contributed by atoms with Gasteiger partial charge in [0, 0.05) is 44.1 Å². The van der Waals surface area contributed by atoms with Crippen molar-refractivity contribution < 1.29 is 9.53 Å². The van der Waals surface area contributed by atoms with E-state index in [9.17, 15) is 4.79 Å². The highest BCUT2D eigenvalue weighted by Crippen LogP contribution is 2.61. The molecule has 1 aromatic carbocycles. The molecule has 4 aliphatic carbocycles. The van der Waals surface area contributed by atoms with Gasteiger partial charge in [-0.05, 0) is 67.8 Å². The molecule has 6 nitrogen and oxygen atoms in total. The van der Waals surface area contributed by atoms with Crippen molar-refractivity contribution in [1.29, 1.82) is 0 Å². The number of pyridine rings is 1. The largest absolute Gasteiger partial charge is 0.379 e. The molecule has 1 saturated heterocycles. The molecule has 4 saturated carbocycles. The molecular weight excluding hydrogens is 412 g/mol. The van der Waals surface area contributed by atoms with Gasteiger partial charge in [-0.1, -0.05) is 18.2 Å². The van der Waals surface area contributed by atoms with Crippen LogP contribution in [0.2, 0.25) is 0 Å². The number of amides is 1. The Labute approximate surface area is 196 Å². The highest BCUT2D eigenvalue weighted by Gasteiger charge is 2.51. The maximum atomic E-state index is 13.3. The van der Waals surface area contributed by atoms with E-state index in [2.05, 4.69) is 21.6 Å². The number of carbonyl (C=O) groups excluding carboxylic acids is 1. The van der Waals surface area contributed by atoms with E-state index in [1.165, 1.54) is 38.5 Å². The van der Waals surface area contributed by atoms with Gasteiger partial charge in [0.15, 0.2) is 0 Å². The van der Waals surface area contributed by atoms with Crippen LogP contribution < -0.4 is 10.6 Å². The summed E-state index contributed by atoms with van der Waals surface area (Å²) in [5.74, 6) is 3.61. The molecule has 2 N–H and O–H groups in total. The quantitative estimate of drug-likeness (QED) is 0.652. The van der Waals surface area contributed by atoms with Gasteiger partial charge in [-0.15, -0.1) is 0 Å². The summed E-state index contributed by atoms with van der Waals surface area (Å²) in [6, 6.07) is 10.1. The number of nitrogens with one attached hydrogen (secondary N) is 2. The molecule has 2 heterocycles. The number of rotatable bonds is 7. The third kappa shape index (κ3) is 4.60. The van der Waals surface area contributed by atoms with Crippen molar-refractivity contribution in [3.63, 3.8) is 0 Å². The van der Waals surface area contributed by atoms with Gasteiger partial charge in [0.2, 0.25) is 5.91 Å². The van der Waals surface area contributed by atoms with E-state index in [-0.39, 0.29) is 11.3 Å². The smallest absolute Gasteiger partial charge is 0.224 e. The standard InChI is InChI=1S/C27H36N4O2/c32-26(18-27-15-19-11-20(16-27)13-21(12-19)17-27)30-24-14-25(29-23-4-2-1-3-22(23)24)28-5-6-31-7-9-33-10-8-31/h1-4,14,19-21H,5-13,15-18H2,(H2,28,29,30,32). The molecule has 0 spiro atoms. The third-order valence-electron chi connectivity index (χ3n) is 8.53. The maximum absolute atomic E-state index is 13.3. The van der Waals surface area contributed by atoms with Crippen LogP contribution in [-0.2, 0) is 9.53 Å². The SMILES string of the molecule is O=C(CC12CC3CC(CC(C3)C1)C2)Nc1cc(NCCN2CCOCC2)nc2ccccc12. The molecule has 0 unspecified atom stereocenters. The van der Waals surface area contributed by atoms with Crippen LogP contribution in [0.5, 0.6) is 0 Å². The normalized spacial score (nSPS) is 31.1. The van der Waals surface area contributed by atoms with Gasteiger partial charge in [0.1, 0.15) is 5.82 Å². The second-order valence-corrected chi connectivity index (χ2v) is 11.1. The van der Waals surface area contributed by atoms with E-state index < -0.39 is 0 Å². The van der Waals surface area contributed by atoms with Crippen molar-refractivity contribution in [1.82, 2.24) is 9.88 Å². The zero-order valence-electron chi connectivity index (χ0n) is 19.5. The number of fused-ring (bicyclic) bond motifs is 1. The van der Waals surface area contributed by atoms with Crippen molar-refractivity contribution in [3.8, 4) is 0 Å². The number of carbonyl (C=O) groups is 1. The minimum atomic E-state index is 0.174. The number of anilines is 2. The van der Waals surface area contributed by atoms with Crippen molar-refractivity contribution in [2.24, 2.45) is 23.2 Å². The highest BCUT2D eigenvalue weighted by atomic mass is 16.5. The first-order chi connectivity index (χ1) is 16.1. The van der Waals surface area contributed by atoms with Crippen LogP contribution in [0, 0.1) is 23.2 Å². The van der Waals surface area contributed by atoms with Gasteiger partial charge in [-0.3, -0.25) is 9.69 Å². The zero-order valence-corrected chi connectivity index (χ0v) is 19.5. The summed E-state index contributed by atoms with van der Waals surface area (Å²) in [6.45, 7) is 5.39. The van der Waals surface area contributed by atoms with E-state index in [0.29, 0.717) is 6.42 Å². The van der Waals surface area contributed by atoms with Crippen LogP contribution in [0.4, 0.5) is 11.5 Å². The number of benzene rings is 1. The van der Waals surface area contributed by atoms with Crippen molar-refractivity contribution in [2.45, 2.75) is 44.9 Å². The van der Waals surface area contributed by atoms with Crippen molar-refractivity contribution in [3.05, 3.63) is 30.3 Å². The lowest BCUT2D eigenvalue weighted by Crippen LogP contribution is -2.47. The fraction of sp³-hybridized carbons (Fsp3) is 0.630. The van der Waals surface area contributed by atoms with E-state index >= 15 is 0 Å². The van der Waals surface area contributed by atoms with Gasteiger partial charge >= 0.3 is 0 Å². The van der Waals surface area contributed by atoms with Gasteiger partial charge < -0.3 is 15.4 Å². The molecule has 1 aliphatic heterocycles. The van der Waals surface area contributed by atoms with Gasteiger partial charge in [-0.25, -0.2) is 4.98 Å². The fourth-order valence-corrected chi connectivity index (χ4v) is 7.58. The molecule has 0 atom stereocenters. The number of nitrogens with zero attached hydrogens (tertiary/aromatic N) is 2. The molecule has 7 rings (SSSR count). The first kappa shape index (κ1) is 21.4. The molecule has 1 amide bonds. The third-order valence-corrected chi connectivity index (χ3v) is 8.53. The molecule has 176 valence electrons. The molecule has 5 aliphatic rings. The van der Waals surface area contributed by atoms with E-state index in [0.717, 1.165) is 79.6 Å². The van der Waals surface area contributed by atoms with E-state index in [1.807, 2.05) is 24.3 Å². The van der Waals surface area contributed by atoms with E-state index in [4.69, 9.17) is 9.72 Å². The molecular formula is C27H36N4O2. The Kier molecular flexibility index (Phi) is 5.75. The Hall–Kier alpha value is -2.18. The van der Waals surface area contributed by atoms with Gasteiger partial charge in [0.05, 0.1) is 24.4 Å². The number of hydrogen-bond donors (Lipinski definition) is 2. The van der Waals surface area contributed by atoms with Crippen molar-refractivity contribution in [2.75, 3.05) is 50.0 Å². The molecule has 1 aromatic heterocycles. The number of hydrogen-bond acceptors (Lipinski definition) is 5. The monoisotopic (exact) mass is 448 g/mol. The number of ether oxygens (including phenoxy) is 1. The molecule has 0 radical (unpaired) electrons. The summed E-state index contributed by atoms with van der Waals surface area (Å²) in [7, 11) is 0. The first-order valence-electron chi connectivity index (χ1n) is 12.9. The highest BCUT2D eigenvalue weighted by molar-refractivity contribution is 6.02. The predicted molar refractivity (Wildman–Crippen MR) is 131 cm³/mol. The second kappa shape index (κ2) is 8.88. The maximum Gasteiger partial charge on any atom is 0.224 e. The topological polar surface area (TPSA) is 66.5 Å². The lowest BCUT2D eigenvalue weighted by Gasteiger charge is -2.56. The Morgan fingerprint density at radius 2 is 1.76 bits per heavy atom. The van der Waals surface area contributed by atoms with Crippen LogP contribution in [0.1, 0.15) is 44.9 Å². The number of morpholine rings is 1. The fourth-order valence-electron chi connectivity index (χ4n) is 7.58. The summed E-state index contributed by atoms with van der Waals surface area (Å²) in [6.07, 6.45) is 8.69. The van der Waals surface area contributed by atoms with Crippen LogP contribution in [0.3, 0.4) is 0 Å². The Morgan fingerprint density at radius 3 is 2.48 bits per heavy atom. The lowest BCUT2D eigenvalue weighted by atomic mass is 9.49. The molecule has 4 bridgehead atoms. The van der Waals surface area contributed by atoms with E-state index in [1.54, 1.807) is 0 Å². The summed E-state index contributed by atoms with van der Waals surface area (Å²) in [5, 5.41) is 7.78. The summed E-state index contributed by atoms with van der Waals surface area (Å²) in [5.41, 5.74) is 2.05. The van der Waals surface area contributed by atoms with Crippen LogP contribution in [-0.4, -0.2) is 55.2 Å². The van der Waals surface area contributed by atoms with Gasteiger partial charge in [-0.2, -0.15) is 0 Å². The first-order valence-corrected chi connectivity index (χ1v) is 12.9. The molecule has 6 heteroatoms. The predicted octanol–water partition coefficient (Wildman–Crippen LogP) is 4.52. The van der Waals surface area contributed by atoms with Gasteiger partial charge in [0.25, 0.3) is 0 Å². The average molecular weight is 449 g/mol. The second-order valence-electron chi connectivity index (χ2n) is 11.1. The number of para-hydroxylation sites is 1. The average Bonchev–Trinajstić information content (AvgIpc) is 2.78. The number of aromatic nitrogens is 1. The molecule has 5 fully saturated rings. The molecule has 2 aromatic rings. The zero-order chi connectivity index (χ0) is 22.3. The summed E-state index contributed by atoms with van der Waals surface area (Å²) >= 11 is 0. The van der Waals surface area contributed by atoms with Crippen LogP contribution in [0.15, 0.2) is 30.3 Å². The summed E-state index contributed by atoms with van der Waals surface area (Å²) in [4.78, 5) is 20.5. The Balaban J connectivity index is 1.15. The lowest BCUT2D eigenvalue weighted by molar-refractivity contribution is -0.124. The van der Waals surface area contributed by atoms with Crippen LogP contribution >= 0.6 is 0 Å². The Morgan fingerprint density at radius 1 is 1.06 bits per heavy atom. The Bertz CT molecular complexity index is 981.